The lowest BCUT2D eigenvalue weighted by molar-refractivity contribution is -0.151. The molecule has 1 aromatic heterocycles. The summed E-state index contributed by atoms with van der Waals surface area (Å²) in [6, 6.07) is 4.63. The van der Waals surface area contributed by atoms with E-state index in [4.69, 9.17) is 11.6 Å². The van der Waals surface area contributed by atoms with Crippen molar-refractivity contribution in [2.24, 2.45) is 5.92 Å². The van der Waals surface area contributed by atoms with Gasteiger partial charge >= 0.3 is 0 Å². The Bertz CT molecular complexity index is 927. The molecule has 2 heterocycles. The number of amides is 2. The number of hydrazine groups is 1. The molecule has 0 bridgehead atoms. The van der Waals surface area contributed by atoms with Gasteiger partial charge in [0.25, 0.3) is 5.91 Å². The van der Waals surface area contributed by atoms with Gasteiger partial charge in [0.15, 0.2) is 0 Å². The molecule has 11 heteroatoms. The van der Waals surface area contributed by atoms with Gasteiger partial charge in [0.1, 0.15) is 18.0 Å². The van der Waals surface area contributed by atoms with Gasteiger partial charge in [0.2, 0.25) is 5.91 Å². The van der Waals surface area contributed by atoms with Crippen molar-refractivity contribution in [1.29, 1.82) is 0 Å². The number of aliphatic hydroxyl groups is 1. The number of tetrazole rings is 1. The number of imide groups is 1. The molecule has 0 spiro atoms. The van der Waals surface area contributed by atoms with Crippen molar-refractivity contribution in [3.8, 4) is 5.69 Å². The molecule has 2 amide bonds. The van der Waals surface area contributed by atoms with Gasteiger partial charge in [-0.25, -0.2) is 10.1 Å². The van der Waals surface area contributed by atoms with Gasteiger partial charge in [0, 0.05) is 18.0 Å². The number of benzene rings is 1. The number of hydrogen-bond acceptors (Lipinski definition) is 8. The highest BCUT2D eigenvalue weighted by Crippen LogP contribution is 2.36. The third-order valence-corrected chi connectivity index (χ3v) is 6.39. The smallest absolute Gasteiger partial charge is 0.259 e. The molecule has 2 atom stereocenters. The second-order valence-electron chi connectivity index (χ2n) is 8.19. The Balaban J connectivity index is 1.64. The van der Waals surface area contributed by atoms with Crippen molar-refractivity contribution in [2.75, 3.05) is 6.54 Å². The number of rotatable bonds is 6. The van der Waals surface area contributed by atoms with E-state index >= 15 is 0 Å². The zero-order valence-corrected chi connectivity index (χ0v) is 17.8. The molecule has 4 N–H and O–H groups in total. The summed E-state index contributed by atoms with van der Waals surface area (Å²) in [5.74, 6) is -1.40. The number of aromatic nitrogens is 4. The maximum Gasteiger partial charge on any atom is 0.259 e. The maximum absolute atomic E-state index is 13.3. The zero-order valence-electron chi connectivity index (χ0n) is 17.1. The molecule has 0 unspecified atom stereocenters. The lowest BCUT2D eigenvalue weighted by Gasteiger charge is -2.37. The molecular formula is C20H26ClN7O3. The third-order valence-electron chi connectivity index (χ3n) is 6.16. The van der Waals surface area contributed by atoms with E-state index in [9.17, 15) is 14.7 Å². The van der Waals surface area contributed by atoms with Gasteiger partial charge in [-0.15, -0.1) is 5.10 Å². The second-order valence-corrected chi connectivity index (χ2v) is 8.63. The average Bonchev–Trinajstić information content (AvgIpc) is 3.49. The summed E-state index contributed by atoms with van der Waals surface area (Å²) < 4.78 is 1.46. The van der Waals surface area contributed by atoms with Gasteiger partial charge in [-0.05, 0) is 59.4 Å². The number of nitrogens with zero attached hydrogens (tertiary/aromatic N) is 4. The molecule has 0 radical (unpaired) electrons. The minimum absolute atomic E-state index is 0.0110. The van der Waals surface area contributed by atoms with E-state index in [1.807, 2.05) is 0 Å². The van der Waals surface area contributed by atoms with E-state index in [1.54, 1.807) is 18.2 Å². The van der Waals surface area contributed by atoms with Gasteiger partial charge in [-0.1, -0.05) is 30.9 Å². The van der Waals surface area contributed by atoms with Crippen molar-refractivity contribution in [3.63, 3.8) is 0 Å². The summed E-state index contributed by atoms with van der Waals surface area (Å²) in [6.07, 6.45) is 6.34. The van der Waals surface area contributed by atoms with Gasteiger partial charge in [-0.2, -0.15) is 0 Å². The topological polar surface area (TPSA) is 134 Å². The van der Waals surface area contributed by atoms with Gasteiger partial charge in [-0.3, -0.25) is 20.3 Å². The monoisotopic (exact) mass is 447 g/mol. The largest absolute Gasteiger partial charge is 0.379 e. The van der Waals surface area contributed by atoms with Crippen LogP contribution in [0.1, 0.15) is 44.1 Å². The molecule has 1 aromatic carbocycles. The normalized spacial score (nSPS) is 21.5. The highest BCUT2D eigenvalue weighted by atomic mass is 35.5. The van der Waals surface area contributed by atoms with Crippen LogP contribution in [0.15, 0.2) is 24.5 Å². The Labute approximate surface area is 184 Å². The maximum atomic E-state index is 13.3. The molecule has 2 aliphatic rings. The van der Waals surface area contributed by atoms with E-state index in [-0.39, 0.29) is 12.3 Å². The first-order valence-corrected chi connectivity index (χ1v) is 10.9. The number of halogens is 1. The molecule has 31 heavy (non-hydrogen) atoms. The highest BCUT2D eigenvalue weighted by molar-refractivity contribution is 6.30. The fraction of sp³-hybridized carbons (Fsp3) is 0.550. The Morgan fingerprint density at radius 3 is 2.74 bits per heavy atom. The molecule has 166 valence electrons. The SMILES string of the molecule is O=C(NC(=O)[C@@](O)(Cc1cc(Cl)ccc1-n1cnnn1)C1CCCCC1)[C@@H]1CCNN1. The van der Waals surface area contributed by atoms with E-state index in [2.05, 4.69) is 31.7 Å². The molecule has 1 aliphatic carbocycles. The van der Waals surface area contributed by atoms with E-state index in [0.717, 1.165) is 19.3 Å². The van der Waals surface area contributed by atoms with Crippen molar-refractivity contribution in [2.45, 2.75) is 56.6 Å². The summed E-state index contributed by atoms with van der Waals surface area (Å²) >= 11 is 6.23. The minimum Gasteiger partial charge on any atom is -0.379 e. The molecule has 2 fully saturated rings. The van der Waals surface area contributed by atoms with Crippen molar-refractivity contribution in [3.05, 3.63) is 35.1 Å². The molecule has 4 rings (SSSR count). The van der Waals surface area contributed by atoms with Crippen LogP contribution in [0.3, 0.4) is 0 Å². The Morgan fingerprint density at radius 2 is 2.06 bits per heavy atom. The number of hydrogen-bond donors (Lipinski definition) is 4. The van der Waals surface area contributed by atoms with E-state index in [1.165, 1.54) is 11.0 Å². The van der Waals surface area contributed by atoms with E-state index in [0.29, 0.717) is 42.1 Å². The molecule has 1 saturated heterocycles. The standard InChI is InChI=1S/C20H26ClN7O3/c21-15-6-7-17(28-12-23-26-27-28)13(10-15)11-20(31,14-4-2-1-3-5-14)19(30)24-18(29)16-8-9-22-25-16/h6-7,10,12,14,16,22,25,31H,1-5,8-9,11H2,(H,24,29,30)/t16-,20+/m0/s1. The molecule has 10 nitrogen and oxygen atoms in total. The molecule has 1 saturated carbocycles. The second kappa shape index (κ2) is 9.39. The average molecular weight is 448 g/mol. The number of carbonyl (C=O) groups excluding carboxylic acids is 2. The lowest BCUT2D eigenvalue weighted by atomic mass is 9.73. The fourth-order valence-corrected chi connectivity index (χ4v) is 4.65. The van der Waals surface area contributed by atoms with Crippen LogP contribution in [0.25, 0.3) is 5.69 Å². The number of carbonyl (C=O) groups is 2. The van der Waals surface area contributed by atoms with Crippen LogP contribution < -0.4 is 16.2 Å². The van der Waals surface area contributed by atoms with Crippen molar-refractivity contribution >= 4 is 23.4 Å². The summed E-state index contributed by atoms with van der Waals surface area (Å²) in [5, 5.41) is 25.9. The quantitative estimate of drug-likeness (QED) is 0.508. The van der Waals surface area contributed by atoms with Crippen LogP contribution in [0.2, 0.25) is 5.02 Å². The van der Waals surface area contributed by atoms with Crippen LogP contribution >= 0.6 is 11.6 Å². The van der Waals surface area contributed by atoms with Gasteiger partial charge < -0.3 is 5.11 Å². The van der Waals surface area contributed by atoms with Crippen LogP contribution in [0, 0.1) is 5.92 Å². The first kappa shape index (κ1) is 21.8. The predicted molar refractivity (Wildman–Crippen MR) is 112 cm³/mol. The summed E-state index contributed by atoms with van der Waals surface area (Å²) in [7, 11) is 0. The first-order valence-electron chi connectivity index (χ1n) is 10.6. The van der Waals surface area contributed by atoms with Crippen LogP contribution in [-0.2, 0) is 16.0 Å². The Kier molecular flexibility index (Phi) is 6.61. The summed E-state index contributed by atoms with van der Waals surface area (Å²) in [4.78, 5) is 25.9. The summed E-state index contributed by atoms with van der Waals surface area (Å²) in [5.41, 5.74) is 5.18. The Morgan fingerprint density at radius 1 is 1.26 bits per heavy atom. The fourth-order valence-electron chi connectivity index (χ4n) is 4.46. The van der Waals surface area contributed by atoms with Crippen molar-refractivity contribution < 1.29 is 14.7 Å². The minimum atomic E-state index is -1.77. The molecule has 1 aliphatic heterocycles. The van der Waals surface area contributed by atoms with Crippen molar-refractivity contribution in [1.82, 2.24) is 36.4 Å². The van der Waals surface area contributed by atoms with Crippen LogP contribution in [0.5, 0.6) is 0 Å². The predicted octanol–water partition coefficient (Wildman–Crippen LogP) is 0.679. The van der Waals surface area contributed by atoms with Gasteiger partial charge in [0.05, 0.1) is 5.69 Å². The Hall–Kier alpha value is -2.40. The first-order chi connectivity index (χ1) is 15.0. The molecular weight excluding hydrogens is 422 g/mol. The lowest BCUT2D eigenvalue weighted by Crippen LogP contribution is -2.58. The third kappa shape index (κ3) is 4.77. The highest BCUT2D eigenvalue weighted by Gasteiger charge is 2.45. The van der Waals surface area contributed by atoms with Crippen LogP contribution in [-0.4, -0.2) is 55.3 Å². The molecule has 2 aromatic rings. The summed E-state index contributed by atoms with van der Waals surface area (Å²) in [6.45, 7) is 0.636. The van der Waals surface area contributed by atoms with Crippen LogP contribution in [0.4, 0.5) is 0 Å². The van der Waals surface area contributed by atoms with E-state index < -0.39 is 23.5 Å². The number of nitrogens with one attached hydrogen (secondary N) is 3. The zero-order chi connectivity index (χ0) is 21.8.